The van der Waals surface area contributed by atoms with Gasteiger partial charge in [-0.2, -0.15) is 0 Å². The van der Waals surface area contributed by atoms with Crippen molar-refractivity contribution in [1.29, 1.82) is 0 Å². The summed E-state index contributed by atoms with van der Waals surface area (Å²) in [5.74, 6) is 0.593. The number of benzene rings is 2. The second kappa shape index (κ2) is 11.5. The van der Waals surface area contributed by atoms with Crippen molar-refractivity contribution in [3.05, 3.63) is 72.1 Å². The molecule has 172 valence electrons. The van der Waals surface area contributed by atoms with Crippen LogP contribution in [-0.2, 0) is 0 Å². The lowest BCUT2D eigenvalue weighted by molar-refractivity contribution is 0.101. The first-order valence-corrected chi connectivity index (χ1v) is 10.8. The maximum absolute atomic E-state index is 13.1. The number of para-hydroxylation sites is 2. The molecule has 1 aromatic heterocycles. The van der Waals surface area contributed by atoms with E-state index in [1.165, 1.54) is 6.20 Å². The van der Waals surface area contributed by atoms with Gasteiger partial charge in [-0.3, -0.25) is 14.6 Å². The van der Waals surface area contributed by atoms with Crippen LogP contribution in [0.5, 0.6) is 17.2 Å². The molecular formula is C25H27N3O5. The Morgan fingerprint density at radius 2 is 1.30 bits per heavy atom. The van der Waals surface area contributed by atoms with Gasteiger partial charge in [-0.05, 0) is 57.2 Å². The van der Waals surface area contributed by atoms with Gasteiger partial charge < -0.3 is 24.8 Å². The number of carbonyl (C=O) groups excluding carboxylic acids is 2. The number of ether oxygens (including phenoxy) is 3. The van der Waals surface area contributed by atoms with Gasteiger partial charge in [0.2, 0.25) is 5.75 Å². The minimum atomic E-state index is -0.386. The molecule has 3 aromatic rings. The molecule has 0 fully saturated rings. The van der Waals surface area contributed by atoms with Crippen LogP contribution in [0.4, 0.5) is 11.4 Å². The van der Waals surface area contributed by atoms with E-state index in [9.17, 15) is 9.59 Å². The van der Waals surface area contributed by atoms with Gasteiger partial charge in [0.25, 0.3) is 11.8 Å². The molecule has 0 atom stereocenters. The summed E-state index contributed by atoms with van der Waals surface area (Å²) in [7, 11) is 0. The normalized spacial score (nSPS) is 10.3. The van der Waals surface area contributed by atoms with Crippen molar-refractivity contribution in [3.63, 3.8) is 0 Å². The van der Waals surface area contributed by atoms with Crippen LogP contribution in [0.25, 0.3) is 0 Å². The summed E-state index contributed by atoms with van der Waals surface area (Å²) in [6.07, 6.45) is 3.07. The Hall–Kier alpha value is -4.07. The van der Waals surface area contributed by atoms with Gasteiger partial charge in [-0.25, -0.2) is 0 Å². The van der Waals surface area contributed by atoms with Gasteiger partial charge in [-0.15, -0.1) is 0 Å². The zero-order valence-corrected chi connectivity index (χ0v) is 18.9. The van der Waals surface area contributed by atoms with Crippen LogP contribution in [0, 0.1) is 0 Å². The Morgan fingerprint density at radius 3 is 1.79 bits per heavy atom. The summed E-state index contributed by atoms with van der Waals surface area (Å²) in [5.41, 5.74) is 1.65. The van der Waals surface area contributed by atoms with Crippen LogP contribution in [-0.4, -0.2) is 36.6 Å². The molecule has 0 aliphatic heterocycles. The number of aromatic nitrogens is 1. The Labute approximate surface area is 192 Å². The Balaban J connectivity index is 1.87. The molecule has 0 radical (unpaired) electrons. The van der Waals surface area contributed by atoms with Crippen LogP contribution in [0.15, 0.2) is 60.9 Å². The van der Waals surface area contributed by atoms with Gasteiger partial charge >= 0.3 is 0 Å². The van der Waals surface area contributed by atoms with E-state index in [2.05, 4.69) is 15.6 Å². The first-order valence-electron chi connectivity index (χ1n) is 10.8. The number of pyridine rings is 1. The van der Waals surface area contributed by atoms with E-state index in [4.69, 9.17) is 14.2 Å². The lowest BCUT2D eigenvalue weighted by atomic mass is 10.1. The fraction of sp³-hybridized carbons (Fsp3) is 0.240. The Morgan fingerprint density at radius 1 is 0.758 bits per heavy atom. The van der Waals surface area contributed by atoms with Gasteiger partial charge in [0.15, 0.2) is 11.5 Å². The third-order valence-electron chi connectivity index (χ3n) is 4.52. The first-order chi connectivity index (χ1) is 16.1. The molecule has 0 spiro atoms. The number of amides is 2. The fourth-order valence-electron chi connectivity index (χ4n) is 3.11. The maximum atomic E-state index is 13.1. The second-order valence-electron chi connectivity index (χ2n) is 6.80. The van der Waals surface area contributed by atoms with Crippen molar-refractivity contribution in [1.82, 2.24) is 4.98 Å². The second-order valence-corrected chi connectivity index (χ2v) is 6.80. The summed E-state index contributed by atoms with van der Waals surface area (Å²) < 4.78 is 17.1. The van der Waals surface area contributed by atoms with Gasteiger partial charge in [-0.1, -0.05) is 12.1 Å². The van der Waals surface area contributed by atoms with Crippen LogP contribution in [0.1, 0.15) is 41.5 Å². The highest BCUT2D eigenvalue weighted by Crippen LogP contribution is 2.39. The molecule has 8 heteroatoms. The van der Waals surface area contributed by atoms with E-state index in [1.807, 2.05) is 20.8 Å². The van der Waals surface area contributed by atoms with Crippen molar-refractivity contribution in [2.75, 3.05) is 30.5 Å². The number of nitrogens with zero attached hydrogens (tertiary/aromatic N) is 1. The number of nitrogens with one attached hydrogen (secondary N) is 2. The lowest BCUT2D eigenvalue weighted by Crippen LogP contribution is -2.17. The van der Waals surface area contributed by atoms with Crippen molar-refractivity contribution in [3.8, 4) is 17.2 Å². The average Bonchev–Trinajstić information content (AvgIpc) is 2.83. The molecule has 1 heterocycles. The summed E-state index contributed by atoms with van der Waals surface area (Å²) >= 11 is 0. The largest absolute Gasteiger partial charge is 0.490 e. The highest BCUT2D eigenvalue weighted by atomic mass is 16.5. The van der Waals surface area contributed by atoms with Crippen LogP contribution in [0.2, 0.25) is 0 Å². The van der Waals surface area contributed by atoms with Crippen molar-refractivity contribution in [2.24, 2.45) is 0 Å². The fourth-order valence-corrected chi connectivity index (χ4v) is 3.11. The van der Waals surface area contributed by atoms with Gasteiger partial charge in [0, 0.05) is 18.0 Å². The molecule has 2 aromatic carbocycles. The van der Waals surface area contributed by atoms with Crippen molar-refractivity contribution >= 4 is 23.2 Å². The molecular weight excluding hydrogens is 422 g/mol. The zero-order chi connectivity index (χ0) is 23.6. The van der Waals surface area contributed by atoms with E-state index < -0.39 is 0 Å². The molecule has 0 unspecified atom stereocenters. The quantitative estimate of drug-likeness (QED) is 0.462. The molecule has 2 N–H and O–H groups in total. The summed E-state index contributed by atoms with van der Waals surface area (Å²) in [6.45, 7) is 6.80. The summed E-state index contributed by atoms with van der Waals surface area (Å²) in [4.78, 5) is 29.6. The Kier molecular flexibility index (Phi) is 8.24. The minimum absolute atomic E-state index is 0.330. The third-order valence-corrected chi connectivity index (χ3v) is 4.52. The highest BCUT2D eigenvalue weighted by Gasteiger charge is 2.19. The SMILES string of the molecule is CCOc1cc(C(=O)Nc2ccccc2NC(=O)c2cccnc2)cc(OCC)c1OCC. The Bertz CT molecular complexity index is 1080. The zero-order valence-electron chi connectivity index (χ0n) is 18.9. The molecule has 8 nitrogen and oxygen atoms in total. The maximum Gasteiger partial charge on any atom is 0.257 e. The molecule has 0 saturated heterocycles. The molecule has 3 rings (SSSR count). The van der Waals surface area contributed by atoms with E-state index in [0.29, 0.717) is 59.6 Å². The van der Waals surface area contributed by atoms with E-state index in [0.717, 1.165) is 0 Å². The average molecular weight is 450 g/mol. The van der Waals surface area contributed by atoms with Crippen LogP contribution >= 0.6 is 0 Å². The molecule has 0 aliphatic carbocycles. The number of hydrogen-bond acceptors (Lipinski definition) is 6. The molecule has 2 amide bonds. The highest BCUT2D eigenvalue weighted by molar-refractivity contribution is 6.10. The minimum Gasteiger partial charge on any atom is -0.490 e. The first kappa shape index (κ1) is 23.6. The number of hydrogen-bond donors (Lipinski definition) is 2. The number of rotatable bonds is 10. The third kappa shape index (κ3) is 6.00. The molecule has 33 heavy (non-hydrogen) atoms. The van der Waals surface area contributed by atoms with Crippen molar-refractivity contribution < 1.29 is 23.8 Å². The van der Waals surface area contributed by atoms with Crippen molar-refractivity contribution in [2.45, 2.75) is 20.8 Å². The molecule has 0 aliphatic rings. The smallest absolute Gasteiger partial charge is 0.257 e. The van der Waals surface area contributed by atoms with Crippen LogP contribution < -0.4 is 24.8 Å². The van der Waals surface area contributed by atoms with Gasteiger partial charge in [0.05, 0.1) is 36.8 Å². The standard InChI is InChI=1S/C25H27N3O5/c1-4-31-21-14-18(15-22(32-5-2)23(21)33-6-3)25(30)28-20-12-8-7-11-19(20)27-24(29)17-10-9-13-26-16-17/h7-16H,4-6H2,1-3H3,(H,27,29)(H,28,30). The predicted molar refractivity (Wildman–Crippen MR) is 127 cm³/mol. The van der Waals surface area contributed by atoms with E-state index in [1.54, 1.807) is 54.7 Å². The van der Waals surface area contributed by atoms with E-state index >= 15 is 0 Å². The number of carbonyl (C=O) groups is 2. The predicted octanol–water partition coefficient (Wildman–Crippen LogP) is 4.78. The monoisotopic (exact) mass is 449 g/mol. The van der Waals surface area contributed by atoms with Gasteiger partial charge in [0.1, 0.15) is 0 Å². The van der Waals surface area contributed by atoms with Crippen LogP contribution in [0.3, 0.4) is 0 Å². The number of anilines is 2. The molecule has 0 saturated carbocycles. The summed E-state index contributed by atoms with van der Waals surface area (Å²) in [5, 5.41) is 5.66. The topological polar surface area (TPSA) is 98.8 Å². The lowest BCUT2D eigenvalue weighted by Gasteiger charge is -2.17. The summed E-state index contributed by atoms with van der Waals surface area (Å²) in [6, 6.07) is 13.5. The molecule has 0 bridgehead atoms. The van der Waals surface area contributed by atoms with E-state index in [-0.39, 0.29) is 11.8 Å².